The van der Waals surface area contributed by atoms with Gasteiger partial charge < -0.3 is 14.7 Å². The highest BCUT2D eigenvalue weighted by molar-refractivity contribution is 5.28. The van der Waals surface area contributed by atoms with Crippen LogP contribution in [-0.4, -0.2) is 36.8 Å². The Morgan fingerprint density at radius 3 is 3.18 bits per heavy atom. The van der Waals surface area contributed by atoms with E-state index in [0.29, 0.717) is 5.92 Å². The van der Waals surface area contributed by atoms with Crippen LogP contribution in [0.5, 0.6) is 0 Å². The van der Waals surface area contributed by atoms with E-state index >= 15 is 0 Å². The molecule has 0 aliphatic carbocycles. The third-order valence-electron chi connectivity index (χ3n) is 3.22. The molecule has 17 heavy (non-hydrogen) atoms. The molecule has 2 heterocycles. The maximum atomic E-state index is 5.24. The maximum absolute atomic E-state index is 5.24. The molecule has 1 fully saturated rings. The summed E-state index contributed by atoms with van der Waals surface area (Å²) in [4.78, 5) is 6.69. The fourth-order valence-corrected chi connectivity index (χ4v) is 2.39. The minimum absolute atomic E-state index is 0.696. The standard InChI is InChI=1S/C12H22N4O/c1-3-5-11-14-12(15-17-11)16-7-4-6-10(9-16)8-13-2/h10,13H,3-9H2,1-2H3/t10-/m1/s1. The summed E-state index contributed by atoms with van der Waals surface area (Å²) in [5, 5.41) is 7.32. The van der Waals surface area contributed by atoms with Crippen molar-refractivity contribution in [1.82, 2.24) is 15.5 Å². The van der Waals surface area contributed by atoms with Gasteiger partial charge in [-0.05, 0) is 43.9 Å². The molecule has 0 aromatic carbocycles. The van der Waals surface area contributed by atoms with Gasteiger partial charge >= 0.3 is 0 Å². The van der Waals surface area contributed by atoms with Crippen molar-refractivity contribution in [3.63, 3.8) is 0 Å². The zero-order valence-corrected chi connectivity index (χ0v) is 10.8. The lowest BCUT2D eigenvalue weighted by atomic mass is 9.98. The molecule has 0 unspecified atom stereocenters. The summed E-state index contributed by atoms with van der Waals surface area (Å²) in [7, 11) is 2.01. The van der Waals surface area contributed by atoms with Gasteiger partial charge in [-0.3, -0.25) is 0 Å². The second-order valence-electron chi connectivity index (χ2n) is 4.75. The number of nitrogens with zero attached hydrogens (tertiary/aromatic N) is 3. The van der Waals surface area contributed by atoms with Gasteiger partial charge in [0.05, 0.1) is 0 Å². The molecule has 0 spiro atoms. The summed E-state index contributed by atoms with van der Waals surface area (Å²) in [6, 6.07) is 0. The number of aryl methyl sites for hydroxylation is 1. The lowest BCUT2D eigenvalue weighted by Gasteiger charge is -2.31. The topological polar surface area (TPSA) is 54.2 Å². The average molecular weight is 238 g/mol. The number of aromatic nitrogens is 2. The molecule has 2 rings (SSSR count). The van der Waals surface area contributed by atoms with E-state index in [4.69, 9.17) is 4.52 Å². The van der Waals surface area contributed by atoms with Gasteiger partial charge in [-0.1, -0.05) is 6.92 Å². The SMILES string of the molecule is CCCc1nc(N2CCC[C@H](CNC)C2)no1. The summed E-state index contributed by atoms with van der Waals surface area (Å²) in [5.41, 5.74) is 0. The number of piperidine rings is 1. The number of hydrogen-bond donors (Lipinski definition) is 1. The largest absolute Gasteiger partial charge is 0.338 e. The summed E-state index contributed by atoms with van der Waals surface area (Å²) < 4.78 is 5.24. The molecule has 1 N–H and O–H groups in total. The zero-order chi connectivity index (χ0) is 12.1. The molecule has 0 amide bonds. The van der Waals surface area contributed by atoms with Crippen LogP contribution in [0.2, 0.25) is 0 Å². The molecule has 1 aliphatic heterocycles. The normalized spacial score (nSPS) is 20.8. The van der Waals surface area contributed by atoms with E-state index in [-0.39, 0.29) is 0 Å². The van der Waals surface area contributed by atoms with Crippen LogP contribution in [0.4, 0.5) is 5.95 Å². The molecule has 0 radical (unpaired) electrons. The number of hydrogen-bond acceptors (Lipinski definition) is 5. The van der Waals surface area contributed by atoms with Gasteiger partial charge in [0.1, 0.15) is 0 Å². The van der Waals surface area contributed by atoms with E-state index < -0.39 is 0 Å². The van der Waals surface area contributed by atoms with E-state index in [0.717, 1.165) is 44.3 Å². The Morgan fingerprint density at radius 2 is 2.41 bits per heavy atom. The van der Waals surface area contributed by atoms with Gasteiger partial charge in [-0.15, -0.1) is 0 Å². The van der Waals surface area contributed by atoms with Crippen LogP contribution in [0.3, 0.4) is 0 Å². The smallest absolute Gasteiger partial charge is 0.266 e. The monoisotopic (exact) mass is 238 g/mol. The van der Waals surface area contributed by atoms with Crippen LogP contribution in [-0.2, 0) is 6.42 Å². The second-order valence-corrected chi connectivity index (χ2v) is 4.75. The van der Waals surface area contributed by atoms with Crippen molar-refractivity contribution in [3.05, 3.63) is 5.89 Å². The molecular formula is C12H22N4O. The van der Waals surface area contributed by atoms with Crippen LogP contribution in [0, 0.1) is 5.92 Å². The number of rotatable bonds is 5. The van der Waals surface area contributed by atoms with Crippen molar-refractivity contribution in [2.45, 2.75) is 32.6 Å². The summed E-state index contributed by atoms with van der Waals surface area (Å²) in [5.74, 6) is 2.23. The lowest BCUT2D eigenvalue weighted by Crippen LogP contribution is -2.39. The first-order chi connectivity index (χ1) is 8.33. The van der Waals surface area contributed by atoms with Crippen molar-refractivity contribution in [2.75, 3.05) is 31.6 Å². The summed E-state index contributed by atoms with van der Waals surface area (Å²) in [6.07, 6.45) is 4.42. The van der Waals surface area contributed by atoms with Gasteiger partial charge in [-0.2, -0.15) is 4.98 Å². The molecular weight excluding hydrogens is 216 g/mol. The van der Waals surface area contributed by atoms with E-state index in [9.17, 15) is 0 Å². The van der Waals surface area contributed by atoms with Gasteiger partial charge in [0.2, 0.25) is 5.89 Å². The molecule has 1 aromatic rings. The second kappa shape index (κ2) is 6.00. The highest BCUT2D eigenvalue weighted by Gasteiger charge is 2.22. The van der Waals surface area contributed by atoms with Crippen LogP contribution in [0.25, 0.3) is 0 Å². The van der Waals surface area contributed by atoms with Crippen molar-refractivity contribution < 1.29 is 4.52 Å². The Labute approximate surface area is 103 Å². The van der Waals surface area contributed by atoms with Crippen molar-refractivity contribution in [1.29, 1.82) is 0 Å². The van der Waals surface area contributed by atoms with Crippen molar-refractivity contribution in [2.24, 2.45) is 5.92 Å². The van der Waals surface area contributed by atoms with E-state index in [1.54, 1.807) is 0 Å². The Balaban J connectivity index is 1.95. The van der Waals surface area contributed by atoms with Crippen molar-refractivity contribution >= 4 is 5.95 Å². The third-order valence-corrected chi connectivity index (χ3v) is 3.22. The Morgan fingerprint density at radius 1 is 1.53 bits per heavy atom. The number of nitrogens with one attached hydrogen (secondary N) is 1. The highest BCUT2D eigenvalue weighted by Crippen LogP contribution is 2.20. The molecule has 1 aliphatic rings. The molecule has 0 bridgehead atoms. The third kappa shape index (κ3) is 3.19. The van der Waals surface area contributed by atoms with E-state index in [1.165, 1.54) is 12.8 Å². The first kappa shape index (κ1) is 12.4. The Kier molecular flexibility index (Phi) is 4.36. The fraction of sp³-hybridized carbons (Fsp3) is 0.833. The Bertz CT molecular complexity index is 337. The van der Waals surface area contributed by atoms with Crippen LogP contribution >= 0.6 is 0 Å². The van der Waals surface area contributed by atoms with Gasteiger partial charge in [0.25, 0.3) is 5.95 Å². The molecule has 0 saturated carbocycles. The average Bonchev–Trinajstić information content (AvgIpc) is 2.79. The number of anilines is 1. The summed E-state index contributed by atoms with van der Waals surface area (Å²) in [6.45, 7) is 5.27. The molecule has 1 atom stereocenters. The molecule has 5 nitrogen and oxygen atoms in total. The highest BCUT2D eigenvalue weighted by atomic mass is 16.5. The first-order valence-electron chi connectivity index (χ1n) is 6.55. The minimum Gasteiger partial charge on any atom is -0.338 e. The van der Waals surface area contributed by atoms with Gasteiger partial charge in [0.15, 0.2) is 0 Å². The van der Waals surface area contributed by atoms with E-state index in [1.807, 2.05) is 7.05 Å². The van der Waals surface area contributed by atoms with Crippen LogP contribution < -0.4 is 10.2 Å². The predicted molar refractivity (Wildman–Crippen MR) is 67.2 cm³/mol. The van der Waals surface area contributed by atoms with Crippen molar-refractivity contribution in [3.8, 4) is 0 Å². The minimum atomic E-state index is 0.696. The lowest BCUT2D eigenvalue weighted by molar-refractivity contribution is 0.367. The first-order valence-corrected chi connectivity index (χ1v) is 6.55. The summed E-state index contributed by atoms with van der Waals surface area (Å²) >= 11 is 0. The predicted octanol–water partition coefficient (Wildman–Crippen LogP) is 1.46. The van der Waals surface area contributed by atoms with Gasteiger partial charge in [0, 0.05) is 19.5 Å². The van der Waals surface area contributed by atoms with Gasteiger partial charge in [-0.25, -0.2) is 0 Å². The quantitative estimate of drug-likeness (QED) is 0.841. The zero-order valence-electron chi connectivity index (χ0n) is 10.8. The maximum Gasteiger partial charge on any atom is 0.266 e. The van der Waals surface area contributed by atoms with E-state index in [2.05, 4.69) is 27.3 Å². The fourth-order valence-electron chi connectivity index (χ4n) is 2.39. The van der Waals surface area contributed by atoms with Crippen LogP contribution in [0.1, 0.15) is 32.1 Å². The van der Waals surface area contributed by atoms with Crippen LogP contribution in [0.15, 0.2) is 4.52 Å². The molecule has 5 heteroatoms. The Hall–Kier alpha value is -1.10. The molecule has 1 saturated heterocycles. The molecule has 1 aromatic heterocycles. The molecule has 96 valence electrons.